The highest BCUT2D eigenvalue weighted by atomic mass is 15.3. The Bertz CT molecular complexity index is 182. The molecular formula is C14H30N2. The van der Waals surface area contributed by atoms with E-state index in [4.69, 9.17) is 0 Å². The Morgan fingerprint density at radius 1 is 1.19 bits per heavy atom. The zero-order valence-corrected chi connectivity index (χ0v) is 11.6. The van der Waals surface area contributed by atoms with Crippen molar-refractivity contribution in [3.63, 3.8) is 0 Å². The fraction of sp³-hybridized carbons (Fsp3) is 1.00. The van der Waals surface area contributed by atoms with Crippen LogP contribution >= 0.6 is 0 Å². The predicted molar refractivity (Wildman–Crippen MR) is 71.6 cm³/mol. The van der Waals surface area contributed by atoms with Crippen LogP contribution in [-0.4, -0.2) is 30.2 Å². The minimum atomic E-state index is 0.574. The SMILES string of the molecule is CCCCC(CCC)N1CC(C)CNC1C. The second-order valence-electron chi connectivity index (χ2n) is 5.47. The molecule has 1 aliphatic rings. The van der Waals surface area contributed by atoms with Crippen LogP contribution in [0.5, 0.6) is 0 Å². The third-order valence-electron chi connectivity index (χ3n) is 3.76. The number of nitrogens with zero attached hydrogens (tertiary/aromatic N) is 1. The van der Waals surface area contributed by atoms with Gasteiger partial charge in [-0.2, -0.15) is 0 Å². The molecule has 3 unspecified atom stereocenters. The Morgan fingerprint density at radius 3 is 2.56 bits per heavy atom. The van der Waals surface area contributed by atoms with E-state index < -0.39 is 0 Å². The molecular weight excluding hydrogens is 196 g/mol. The number of unbranched alkanes of at least 4 members (excludes halogenated alkanes) is 1. The first kappa shape index (κ1) is 14.0. The summed E-state index contributed by atoms with van der Waals surface area (Å²) < 4.78 is 0. The van der Waals surface area contributed by atoms with Gasteiger partial charge in [-0.15, -0.1) is 0 Å². The largest absolute Gasteiger partial charge is 0.302 e. The van der Waals surface area contributed by atoms with E-state index in [1.807, 2.05) is 0 Å². The molecule has 0 saturated carbocycles. The van der Waals surface area contributed by atoms with Gasteiger partial charge in [-0.05, 0) is 25.7 Å². The first-order valence-electron chi connectivity index (χ1n) is 7.18. The summed E-state index contributed by atoms with van der Waals surface area (Å²) in [6.07, 6.45) is 7.33. The monoisotopic (exact) mass is 226 g/mol. The predicted octanol–water partition coefficient (Wildman–Crippen LogP) is 3.23. The van der Waals surface area contributed by atoms with Crippen molar-refractivity contribution in [3.05, 3.63) is 0 Å². The standard InChI is InChI=1S/C14H30N2/c1-5-7-9-14(8-6-2)16-11-12(3)10-15-13(16)4/h12-15H,5-11H2,1-4H3. The lowest BCUT2D eigenvalue weighted by Gasteiger charge is -2.43. The average molecular weight is 226 g/mol. The summed E-state index contributed by atoms with van der Waals surface area (Å²) in [5.74, 6) is 0.803. The van der Waals surface area contributed by atoms with Gasteiger partial charge in [-0.3, -0.25) is 4.90 Å². The summed E-state index contributed by atoms with van der Waals surface area (Å²) in [4.78, 5) is 2.70. The second kappa shape index (κ2) is 7.29. The van der Waals surface area contributed by atoms with Gasteiger partial charge >= 0.3 is 0 Å². The summed E-state index contributed by atoms with van der Waals surface area (Å²) in [5.41, 5.74) is 0. The summed E-state index contributed by atoms with van der Waals surface area (Å²) in [6.45, 7) is 11.7. The van der Waals surface area contributed by atoms with Gasteiger partial charge in [0.2, 0.25) is 0 Å². The molecule has 0 aromatic heterocycles. The Morgan fingerprint density at radius 2 is 1.94 bits per heavy atom. The van der Waals surface area contributed by atoms with Gasteiger partial charge < -0.3 is 5.32 Å². The van der Waals surface area contributed by atoms with Crippen LogP contribution in [0.15, 0.2) is 0 Å². The summed E-state index contributed by atoms with van der Waals surface area (Å²) in [5, 5.41) is 3.62. The van der Waals surface area contributed by atoms with Gasteiger partial charge in [0.1, 0.15) is 0 Å². The number of hydrogen-bond acceptors (Lipinski definition) is 2. The lowest BCUT2D eigenvalue weighted by atomic mass is 9.99. The Balaban J connectivity index is 2.52. The fourth-order valence-electron chi connectivity index (χ4n) is 2.79. The maximum atomic E-state index is 3.62. The highest BCUT2D eigenvalue weighted by molar-refractivity contribution is 4.82. The van der Waals surface area contributed by atoms with Crippen molar-refractivity contribution in [3.8, 4) is 0 Å². The van der Waals surface area contributed by atoms with E-state index in [1.165, 1.54) is 45.2 Å². The van der Waals surface area contributed by atoms with Crippen LogP contribution in [0.3, 0.4) is 0 Å². The summed E-state index contributed by atoms with van der Waals surface area (Å²) in [7, 11) is 0. The maximum Gasteiger partial charge on any atom is 0.0570 e. The lowest BCUT2D eigenvalue weighted by molar-refractivity contribution is 0.0557. The average Bonchev–Trinajstić information content (AvgIpc) is 2.28. The van der Waals surface area contributed by atoms with Gasteiger partial charge in [0.15, 0.2) is 0 Å². The quantitative estimate of drug-likeness (QED) is 0.748. The van der Waals surface area contributed by atoms with Gasteiger partial charge in [0, 0.05) is 19.1 Å². The second-order valence-corrected chi connectivity index (χ2v) is 5.47. The zero-order chi connectivity index (χ0) is 12.0. The lowest BCUT2D eigenvalue weighted by Crippen LogP contribution is -2.56. The molecule has 2 heteroatoms. The highest BCUT2D eigenvalue weighted by Crippen LogP contribution is 2.20. The van der Waals surface area contributed by atoms with E-state index in [9.17, 15) is 0 Å². The number of rotatable bonds is 6. The van der Waals surface area contributed by atoms with Crippen LogP contribution in [-0.2, 0) is 0 Å². The van der Waals surface area contributed by atoms with Gasteiger partial charge in [-0.1, -0.05) is 40.0 Å². The van der Waals surface area contributed by atoms with Crippen molar-refractivity contribution in [2.45, 2.75) is 72.0 Å². The molecule has 0 spiro atoms. The van der Waals surface area contributed by atoms with E-state index in [-0.39, 0.29) is 0 Å². The molecule has 0 bridgehead atoms. The van der Waals surface area contributed by atoms with Crippen molar-refractivity contribution in [2.24, 2.45) is 5.92 Å². The highest BCUT2D eigenvalue weighted by Gasteiger charge is 2.27. The summed E-state index contributed by atoms with van der Waals surface area (Å²) in [6, 6.07) is 0.801. The normalized spacial score (nSPS) is 29.2. The minimum absolute atomic E-state index is 0.574. The molecule has 1 aliphatic heterocycles. The van der Waals surface area contributed by atoms with Crippen LogP contribution in [0.2, 0.25) is 0 Å². The van der Waals surface area contributed by atoms with Crippen molar-refractivity contribution in [1.82, 2.24) is 10.2 Å². The maximum absolute atomic E-state index is 3.62. The number of nitrogens with one attached hydrogen (secondary N) is 1. The van der Waals surface area contributed by atoms with E-state index in [0.29, 0.717) is 6.17 Å². The van der Waals surface area contributed by atoms with Gasteiger partial charge in [0.05, 0.1) is 6.17 Å². The minimum Gasteiger partial charge on any atom is -0.302 e. The van der Waals surface area contributed by atoms with Crippen molar-refractivity contribution >= 4 is 0 Å². The Hall–Kier alpha value is -0.0800. The van der Waals surface area contributed by atoms with E-state index in [2.05, 4.69) is 37.9 Å². The van der Waals surface area contributed by atoms with Crippen LogP contribution in [0.1, 0.15) is 59.8 Å². The molecule has 0 aromatic carbocycles. The van der Waals surface area contributed by atoms with Gasteiger partial charge in [0.25, 0.3) is 0 Å². The van der Waals surface area contributed by atoms with E-state index >= 15 is 0 Å². The van der Waals surface area contributed by atoms with Crippen LogP contribution in [0, 0.1) is 5.92 Å². The first-order chi connectivity index (χ1) is 7.69. The van der Waals surface area contributed by atoms with Gasteiger partial charge in [-0.25, -0.2) is 0 Å². The molecule has 1 N–H and O–H groups in total. The topological polar surface area (TPSA) is 15.3 Å². The number of hydrogen-bond donors (Lipinski definition) is 1. The smallest absolute Gasteiger partial charge is 0.0570 e. The molecule has 1 fully saturated rings. The van der Waals surface area contributed by atoms with Crippen LogP contribution in [0.4, 0.5) is 0 Å². The first-order valence-corrected chi connectivity index (χ1v) is 7.18. The molecule has 96 valence electrons. The van der Waals surface area contributed by atoms with Crippen molar-refractivity contribution in [2.75, 3.05) is 13.1 Å². The third-order valence-corrected chi connectivity index (χ3v) is 3.76. The van der Waals surface area contributed by atoms with E-state index in [0.717, 1.165) is 12.0 Å². The zero-order valence-electron chi connectivity index (χ0n) is 11.6. The molecule has 2 nitrogen and oxygen atoms in total. The molecule has 16 heavy (non-hydrogen) atoms. The molecule has 3 atom stereocenters. The molecule has 0 aliphatic carbocycles. The van der Waals surface area contributed by atoms with Crippen molar-refractivity contribution < 1.29 is 0 Å². The molecule has 1 heterocycles. The van der Waals surface area contributed by atoms with Crippen molar-refractivity contribution in [1.29, 1.82) is 0 Å². The van der Waals surface area contributed by atoms with Crippen LogP contribution < -0.4 is 5.32 Å². The third kappa shape index (κ3) is 4.06. The molecule has 0 radical (unpaired) electrons. The Labute approximate surface area is 102 Å². The summed E-state index contributed by atoms with van der Waals surface area (Å²) >= 11 is 0. The van der Waals surface area contributed by atoms with E-state index in [1.54, 1.807) is 0 Å². The fourth-order valence-corrected chi connectivity index (χ4v) is 2.79. The molecule has 0 aromatic rings. The molecule has 0 amide bonds. The molecule has 1 rings (SSSR count). The molecule has 1 saturated heterocycles. The Kier molecular flexibility index (Phi) is 6.37. The van der Waals surface area contributed by atoms with Crippen LogP contribution in [0.25, 0.3) is 0 Å².